The van der Waals surface area contributed by atoms with Crippen molar-refractivity contribution in [1.29, 1.82) is 0 Å². The molecule has 0 atom stereocenters. The normalized spacial score (nSPS) is 10.8. The molecular weight excluding hydrogens is 492 g/mol. The number of nitrogens with zero attached hydrogens (tertiary/aromatic N) is 1. The minimum absolute atomic E-state index is 0.208. The summed E-state index contributed by atoms with van der Waals surface area (Å²) in [5, 5.41) is 3.94. The monoisotopic (exact) mass is 512 g/mol. The number of carbonyl (C=O) groups is 2. The van der Waals surface area contributed by atoms with E-state index in [-0.39, 0.29) is 11.5 Å². The van der Waals surface area contributed by atoms with E-state index in [1.807, 2.05) is 66.7 Å². The zero-order chi connectivity index (χ0) is 25.1. The third kappa shape index (κ3) is 4.61. The maximum Gasteiger partial charge on any atom is 0.350 e. The van der Waals surface area contributed by atoms with E-state index in [4.69, 9.17) is 21.3 Å². The van der Waals surface area contributed by atoms with Gasteiger partial charge in [-0.2, -0.15) is 0 Å². The van der Waals surface area contributed by atoms with Gasteiger partial charge in [-0.15, -0.1) is 11.3 Å². The van der Waals surface area contributed by atoms with E-state index in [9.17, 15) is 9.59 Å². The molecule has 1 N–H and O–H groups in total. The Labute approximate surface area is 217 Å². The van der Waals surface area contributed by atoms with E-state index in [0.29, 0.717) is 26.5 Å². The fourth-order valence-corrected chi connectivity index (χ4v) is 5.26. The molecule has 1 amide bonds. The first-order chi connectivity index (χ1) is 17.6. The third-order valence-corrected chi connectivity index (χ3v) is 7.03. The second-order valence-electron chi connectivity index (χ2n) is 7.93. The van der Waals surface area contributed by atoms with Crippen molar-refractivity contribution in [2.24, 2.45) is 0 Å². The van der Waals surface area contributed by atoms with Gasteiger partial charge in [0.2, 0.25) is 0 Å². The van der Waals surface area contributed by atoms with Gasteiger partial charge in [0.05, 0.1) is 28.6 Å². The molecule has 0 aliphatic rings. The Balaban J connectivity index is 1.77. The number of hydrogen-bond acceptors (Lipinski definition) is 5. The highest BCUT2D eigenvalue weighted by Crippen LogP contribution is 2.43. The van der Waals surface area contributed by atoms with Gasteiger partial charge in [0.25, 0.3) is 5.91 Å². The van der Waals surface area contributed by atoms with Gasteiger partial charge in [0.1, 0.15) is 9.71 Å². The predicted molar refractivity (Wildman–Crippen MR) is 146 cm³/mol. The van der Waals surface area contributed by atoms with Crippen LogP contribution < -0.4 is 5.32 Å². The van der Waals surface area contributed by atoms with Gasteiger partial charge in [0.15, 0.2) is 0 Å². The molecule has 7 heteroatoms. The zero-order valence-corrected chi connectivity index (χ0v) is 20.9. The number of anilines is 1. The number of esters is 1. The molecule has 0 unspecified atom stereocenters. The summed E-state index contributed by atoms with van der Waals surface area (Å²) in [7, 11) is 0. The summed E-state index contributed by atoms with van der Waals surface area (Å²) in [6.45, 7) is 1.95. The van der Waals surface area contributed by atoms with Gasteiger partial charge >= 0.3 is 5.97 Å². The third-order valence-electron chi connectivity index (χ3n) is 5.63. The van der Waals surface area contributed by atoms with E-state index < -0.39 is 11.9 Å². The molecule has 0 radical (unpaired) electrons. The van der Waals surface area contributed by atoms with Crippen molar-refractivity contribution < 1.29 is 14.3 Å². The molecule has 5 nitrogen and oxygen atoms in total. The number of rotatable bonds is 6. The van der Waals surface area contributed by atoms with Crippen LogP contribution in [0, 0.1) is 0 Å². The van der Waals surface area contributed by atoms with Crippen LogP contribution in [-0.4, -0.2) is 23.5 Å². The summed E-state index contributed by atoms with van der Waals surface area (Å²) in [5.74, 6) is -0.938. The van der Waals surface area contributed by atoms with E-state index in [2.05, 4.69) is 5.32 Å². The van der Waals surface area contributed by atoms with Crippen LogP contribution in [-0.2, 0) is 4.74 Å². The first-order valence-electron chi connectivity index (χ1n) is 11.4. The Morgan fingerprint density at radius 3 is 2.22 bits per heavy atom. The second kappa shape index (κ2) is 10.3. The van der Waals surface area contributed by atoms with Crippen LogP contribution in [0.25, 0.3) is 32.6 Å². The van der Waals surface area contributed by atoms with E-state index in [1.165, 1.54) is 11.3 Å². The minimum Gasteiger partial charge on any atom is -0.462 e. The van der Waals surface area contributed by atoms with Crippen molar-refractivity contribution in [3.05, 3.63) is 106 Å². The Kier molecular flexibility index (Phi) is 6.80. The number of nitrogens with one attached hydrogen (secondary N) is 1. The lowest BCUT2D eigenvalue weighted by atomic mass is 9.99. The molecule has 0 spiro atoms. The van der Waals surface area contributed by atoms with Crippen molar-refractivity contribution in [2.45, 2.75) is 6.92 Å². The SMILES string of the molecule is CCOC(=O)c1sc2nc(-c3ccccc3)cc(-c3ccccc3)c2c1NC(=O)c1ccccc1Cl. The molecule has 0 saturated carbocycles. The Morgan fingerprint density at radius 2 is 1.56 bits per heavy atom. The summed E-state index contributed by atoms with van der Waals surface area (Å²) >= 11 is 7.48. The van der Waals surface area contributed by atoms with Crippen LogP contribution in [0.4, 0.5) is 5.69 Å². The molecule has 3 aromatic carbocycles. The van der Waals surface area contributed by atoms with Gasteiger partial charge in [-0.3, -0.25) is 4.79 Å². The van der Waals surface area contributed by atoms with Crippen LogP contribution in [0.1, 0.15) is 27.0 Å². The highest BCUT2D eigenvalue weighted by atomic mass is 35.5. The lowest BCUT2D eigenvalue weighted by Gasteiger charge is -2.12. The maximum absolute atomic E-state index is 13.3. The summed E-state index contributed by atoms with van der Waals surface area (Å²) in [6, 6.07) is 28.4. The number of amides is 1. The molecule has 0 aliphatic carbocycles. The smallest absolute Gasteiger partial charge is 0.350 e. The standard InChI is InChI=1S/C29H21ClN2O3S/c1-2-35-29(34)26-25(32-27(33)20-15-9-10-16-22(20)30)24-21(18-11-5-3-6-12-18)17-23(31-28(24)36-26)19-13-7-4-8-14-19/h3-17H,2H2,1H3,(H,32,33). The van der Waals surface area contributed by atoms with E-state index >= 15 is 0 Å². The number of hydrogen-bond donors (Lipinski definition) is 1. The first kappa shape index (κ1) is 23.7. The average Bonchev–Trinajstić information content (AvgIpc) is 3.28. The van der Waals surface area contributed by atoms with Gasteiger partial charge in [-0.25, -0.2) is 9.78 Å². The fraction of sp³-hybridized carbons (Fsp3) is 0.0690. The Bertz CT molecular complexity index is 1570. The molecule has 0 aliphatic heterocycles. The van der Waals surface area contributed by atoms with Crippen molar-refractivity contribution in [3.8, 4) is 22.4 Å². The zero-order valence-electron chi connectivity index (χ0n) is 19.3. The number of benzene rings is 3. The number of pyridine rings is 1. The van der Waals surface area contributed by atoms with Crippen molar-refractivity contribution in [3.63, 3.8) is 0 Å². The molecule has 0 bridgehead atoms. The first-order valence-corrected chi connectivity index (χ1v) is 12.6. The summed E-state index contributed by atoms with van der Waals surface area (Å²) < 4.78 is 5.34. The van der Waals surface area contributed by atoms with Gasteiger partial charge in [0, 0.05) is 10.9 Å². The van der Waals surface area contributed by atoms with Crippen LogP contribution >= 0.6 is 22.9 Å². The lowest BCUT2D eigenvalue weighted by molar-refractivity contribution is 0.0533. The van der Waals surface area contributed by atoms with Crippen molar-refractivity contribution in [2.75, 3.05) is 11.9 Å². The second-order valence-corrected chi connectivity index (χ2v) is 9.33. The van der Waals surface area contributed by atoms with Crippen LogP contribution in [0.3, 0.4) is 0 Å². The molecule has 178 valence electrons. The van der Waals surface area contributed by atoms with Gasteiger partial charge in [-0.1, -0.05) is 84.4 Å². The average molecular weight is 513 g/mol. The summed E-state index contributed by atoms with van der Waals surface area (Å²) in [5.41, 5.74) is 4.17. The summed E-state index contributed by atoms with van der Waals surface area (Å²) in [4.78, 5) is 32.1. The Hall–Kier alpha value is -4.00. The highest BCUT2D eigenvalue weighted by Gasteiger charge is 2.26. The molecule has 0 saturated heterocycles. The van der Waals surface area contributed by atoms with Gasteiger partial charge in [-0.05, 0) is 36.2 Å². The van der Waals surface area contributed by atoms with Crippen molar-refractivity contribution >= 4 is 50.7 Å². The summed E-state index contributed by atoms with van der Waals surface area (Å²) in [6.07, 6.45) is 0. The van der Waals surface area contributed by atoms with Crippen LogP contribution in [0.2, 0.25) is 5.02 Å². The molecule has 0 fully saturated rings. The number of thiophene rings is 1. The molecule has 5 rings (SSSR count). The fourth-order valence-electron chi connectivity index (χ4n) is 3.99. The Morgan fingerprint density at radius 1 is 0.917 bits per heavy atom. The molecule has 2 aromatic heterocycles. The highest BCUT2D eigenvalue weighted by molar-refractivity contribution is 7.21. The number of aromatic nitrogens is 1. The number of halogens is 1. The van der Waals surface area contributed by atoms with E-state index in [0.717, 1.165) is 22.4 Å². The molecule has 5 aromatic rings. The predicted octanol–water partition coefficient (Wildman–Crippen LogP) is 7.71. The number of carbonyl (C=O) groups excluding carboxylic acids is 2. The van der Waals surface area contributed by atoms with Crippen LogP contribution in [0.15, 0.2) is 91.0 Å². The quantitative estimate of drug-likeness (QED) is 0.236. The largest absolute Gasteiger partial charge is 0.462 e. The lowest BCUT2D eigenvalue weighted by Crippen LogP contribution is -2.15. The van der Waals surface area contributed by atoms with Crippen molar-refractivity contribution in [1.82, 2.24) is 4.98 Å². The maximum atomic E-state index is 13.3. The topological polar surface area (TPSA) is 68.3 Å². The number of ether oxygens (including phenoxy) is 1. The van der Waals surface area contributed by atoms with Gasteiger partial charge < -0.3 is 10.1 Å². The van der Waals surface area contributed by atoms with E-state index in [1.54, 1.807) is 31.2 Å². The minimum atomic E-state index is -0.518. The molecule has 36 heavy (non-hydrogen) atoms. The number of fused-ring (bicyclic) bond motifs is 1. The molecule has 2 heterocycles. The van der Waals surface area contributed by atoms with Crippen LogP contribution in [0.5, 0.6) is 0 Å². The molecular formula is C29H21ClN2O3S.